The second-order valence-electron chi connectivity index (χ2n) is 7.31. The summed E-state index contributed by atoms with van der Waals surface area (Å²) in [6, 6.07) is 25.6. The molecule has 0 aliphatic heterocycles. The number of amides is 2. The minimum Gasteiger partial charge on any atom is -0.383 e. The van der Waals surface area contributed by atoms with Gasteiger partial charge in [-0.2, -0.15) is 0 Å². The van der Waals surface area contributed by atoms with Gasteiger partial charge >= 0.3 is 0 Å². The van der Waals surface area contributed by atoms with Crippen LogP contribution in [0.3, 0.4) is 0 Å². The van der Waals surface area contributed by atoms with Gasteiger partial charge in [0.15, 0.2) is 0 Å². The molecule has 1 atom stereocenters. The van der Waals surface area contributed by atoms with Crippen LogP contribution in [0.5, 0.6) is 0 Å². The van der Waals surface area contributed by atoms with E-state index in [2.05, 4.69) is 34.9 Å². The fourth-order valence-electron chi connectivity index (χ4n) is 3.22. The topological polar surface area (TPSA) is 67.4 Å². The summed E-state index contributed by atoms with van der Waals surface area (Å²) in [5.41, 5.74) is 3.89. The van der Waals surface area contributed by atoms with E-state index in [1.165, 1.54) is 11.8 Å². The first-order valence-electron chi connectivity index (χ1n) is 10.5. The predicted octanol–water partition coefficient (Wildman–Crippen LogP) is 4.70. The molecule has 6 heteroatoms. The molecule has 2 amide bonds. The van der Waals surface area contributed by atoms with E-state index in [-0.39, 0.29) is 23.6 Å². The zero-order valence-corrected chi connectivity index (χ0v) is 19.2. The quantitative estimate of drug-likeness (QED) is 0.349. The molecule has 0 saturated carbocycles. The molecule has 0 heterocycles. The lowest BCUT2D eigenvalue weighted by molar-refractivity contribution is -0.118. The van der Waals surface area contributed by atoms with E-state index in [9.17, 15) is 9.59 Å². The summed E-state index contributed by atoms with van der Waals surface area (Å²) in [5.74, 6) is -0.00788. The van der Waals surface area contributed by atoms with Crippen molar-refractivity contribution in [1.82, 2.24) is 10.6 Å². The summed E-state index contributed by atoms with van der Waals surface area (Å²) in [6.07, 6.45) is 0. The number of thioether (sulfide) groups is 1. The third-order valence-electron chi connectivity index (χ3n) is 4.98. The highest BCUT2D eigenvalue weighted by Crippen LogP contribution is 2.25. The molecule has 3 aromatic carbocycles. The average Bonchev–Trinajstić information content (AvgIpc) is 2.83. The highest BCUT2D eigenvalue weighted by molar-refractivity contribution is 8.00. The number of nitrogens with one attached hydrogen (secondary N) is 2. The second-order valence-corrected chi connectivity index (χ2v) is 8.33. The molecule has 2 N–H and O–H groups in total. The van der Waals surface area contributed by atoms with Gasteiger partial charge in [0.2, 0.25) is 5.91 Å². The van der Waals surface area contributed by atoms with Crippen molar-refractivity contribution in [2.75, 3.05) is 26.0 Å². The first kappa shape index (κ1) is 23.6. The number of methoxy groups -OCH3 is 1. The van der Waals surface area contributed by atoms with E-state index in [4.69, 9.17) is 4.74 Å². The van der Waals surface area contributed by atoms with Crippen LogP contribution in [0.4, 0.5) is 0 Å². The molecule has 3 rings (SSSR count). The summed E-state index contributed by atoms with van der Waals surface area (Å²) < 4.78 is 4.93. The molecule has 0 unspecified atom stereocenters. The van der Waals surface area contributed by atoms with Crippen LogP contribution in [0.15, 0.2) is 83.8 Å². The van der Waals surface area contributed by atoms with Gasteiger partial charge in [0.05, 0.1) is 24.0 Å². The third-order valence-corrected chi connectivity index (χ3v) is 6.06. The minimum atomic E-state index is -0.160. The van der Waals surface area contributed by atoms with Crippen LogP contribution in [0, 0.1) is 0 Å². The van der Waals surface area contributed by atoms with Crippen LogP contribution in [-0.2, 0) is 9.53 Å². The lowest BCUT2D eigenvalue weighted by Crippen LogP contribution is -2.29. The fourth-order valence-corrected chi connectivity index (χ4v) is 4.10. The molecule has 166 valence electrons. The Morgan fingerprint density at radius 3 is 2.28 bits per heavy atom. The average molecular weight is 449 g/mol. The molecule has 32 heavy (non-hydrogen) atoms. The van der Waals surface area contributed by atoms with Crippen molar-refractivity contribution >= 4 is 23.6 Å². The van der Waals surface area contributed by atoms with E-state index in [0.717, 1.165) is 21.6 Å². The lowest BCUT2D eigenvalue weighted by Gasteiger charge is -2.16. The van der Waals surface area contributed by atoms with Gasteiger partial charge in [-0.1, -0.05) is 66.7 Å². The van der Waals surface area contributed by atoms with Crippen LogP contribution < -0.4 is 10.6 Å². The molecule has 0 aromatic heterocycles. The zero-order valence-electron chi connectivity index (χ0n) is 18.3. The van der Waals surface area contributed by atoms with E-state index in [1.807, 2.05) is 55.5 Å². The highest BCUT2D eigenvalue weighted by atomic mass is 32.2. The van der Waals surface area contributed by atoms with Crippen molar-refractivity contribution in [3.63, 3.8) is 0 Å². The number of carbonyl (C=O) groups is 2. The van der Waals surface area contributed by atoms with Crippen molar-refractivity contribution in [1.29, 1.82) is 0 Å². The first-order chi connectivity index (χ1) is 15.6. The molecule has 0 radical (unpaired) electrons. The summed E-state index contributed by atoms with van der Waals surface area (Å²) in [6.45, 7) is 2.91. The lowest BCUT2D eigenvalue weighted by atomic mass is 10.0. The minimum absolute atomic E-state index is 0.0888. The first-order valence-corrected chi connectivity index (χ1v) is 11.5. The summed E-state index contributed by atoms with van der Waals surface area (Å²) in [7, 11) is 1.59. The van der Waals surface area contributed by atoms with Crippen molar-refractivity contribution in [3.05, 3.63) is 90.0 Å². The molecular formula is C26H28N2O3S. The molecule has 0 fully saturated rings. The van der Waals surface area contributed by atoms with Gasteiger partial charge in [0.1, 0.15) is 0 Å². The maximum absolute atomic E-state index is 13.0. The number of ether oxygens (including phenoxy) is 1. The molecular weight excluding hydrogens is 420 g/mol. The maximum atomic E-state index is 13.0. The molecule has 0 bridgehead atoms. The number of hydrogen-bond donors (Lipinski definition) is 2. The Labute approximate surface area is 193 Å². The molecule has 5 nitrogen and oxygen atoms in total. The van der Waals surface area contributed by atoms with Gasteiger partial charge in [0, 0.05) is 18.6 Å². The Morgan fingerprint density at radius 1 is 0.906 bits per heavy atom. The Hall–Kier alpha value is -3.09. The second kappa shape index (κ2) is 12.1. The maximum Gasteiger partial charge on any atom is 0.252 e. The van der Waals surface area contributed by atoms with Crippen LogP contribution in [0.25, 0.3) is 11.1 Å². The van der Waals surface area contributed by atoms with Gasteiger partial charge in [0.25, 0.3) is 5.91 Å². The van der Waals surface area contributed by atoms with Crippen molar-refractivity contribution in [3.8, 4) is 11.1 Å². The zero-order chi connectivity index (χ0) is 22.8. The van der Waals surface area contributed by atoms with E-state index < -0.39 is 0 Å². The normalized spacial score (nSPS) is 11.6. The molecule has 0 aliphatic carbocycles. The molecule has 0 spiro atoms. The number of hydrogen-bond acceptors (Lipinski definition) is 4. The van der Waals surface area contributed by atoms with Gasteiger partial charge in [-0.25, -0.2) is 0 Å². The molecule has 0 aliphatic rings. The summed E-state index contributed by atoms with van der Waals surface area (Å²) >= 11 is 1.35. The van der Waals surface area contributed by atoms with Crippen LogP contribution in [-0.4, -0.2) is 37.8 Å². The highest BCUT2D eigenvalue weighted by Gasteiger charge is 2.16. The van der Waals surface area contributed by atoms with Crippen LogP contribution in [0.2, 0.25) is 0 Å². The van der Waals surface area contributed by atoms with Crippen molar-refractivity contribution in [2.45, 2.75) is 17.9 Å². The molecule has 0 saturated heterocycles. The van der Waals surface area contributed by atoms with E-state index in [1.54, 1.807) is 13.2 Å². The smallest absolute Gasteiger partial charge is 0.252 e. The number of benzene rings is 3. The Morgan fingerprint density at radius 2 is 1.56 bits per heavy atom. The van der Waals surface area contributed by atoms with E-state index in [0.29, 0.717) is 18.7 Å². The van der Waals surface area contributed by atoms with Crippen LogP contribution >= 0.6 is 11.8 Å². The SMILES string of the molecule is COCCNC(=O)CSc1ccccc1C(=O)N[C@H](C)c1ccc(-c2ccccc2)cc1. The predicted molar refractivity (Wildman–Crippen MR) is 130 cm³/mol. The van der Waals surface area contributed by atoms with Gasteiger partial charge in [-0.05, 0) is 35.7 Å². The van der Waals surface area contributed by atoms with Crippen molar-refractivity contribution in [2.24, 2.45) is 0 Å². The fraction of sp³-hybridized carbons (Fsp3) is 0.231. The summed E-state index contributed by atoms with van der Waals surface area (Å²) in [5, 5.41) is 5.86. The number of carbonyl (C=O) groups excluding carboxylic acids is 2. The largest absolute Gasteiger partial charge is 0.383 e. The standard InChI is InChI=1S/C26H28N2O3S/c1-19(20-12-14-22(15-13-20)21-8-4-3-5-9-21)28-26(30)23-10-6-7-11-24(23)32-18-25(29)27-16-17-31-2/h3-15,19H,16-18H2,1-2H3,(H,27,29)(H,28,30)/t19-/m1/s1. The van der Waals surface area contributed by atoms with Gasteiger partial charge in [-0.3, -0.25) is 9.59 Å². The van der Waals surface area contributed by atoms with Gasteiger partial charge < -0.3 is 15.4 Å². The van der Waals surface area contributed by atoms with Gasteiger partial charge in [-0.15, -0.1) is 11.8 Å². The van der Waals surface area contributed by atoms with Crippen LogP contribution in [0.1, 0.15) is 28.9 Å². The Balaban J connectivity index is 1.61. The monoisotopic (exact) mass is 448 g/mol. The Kier molecular flexibility index (Phi) is 8.90. The third kappa shape index (κ3) is 6.70. The number of rotatable bonds is 10. The molecule has 3 aromatic rings. The Bertz CT molecular complexity index is 1020. The van der Waals surface area contributed by atoms with Crippen molar-refractivity contribution < 1.29 is 14.3 Å². The summed E-state index contributed by atoms with van der Waals surface area (Å²) in [4.78, 5) is 25.7. The van der Waals surface area contributed by atoms with E-state index >= 15 is 0 Å².